The lowest BCUT2D eigenvalue weighted by Crippen LogP contribution is -2.28. The fraction of sp³-hybridized carbons (Fsp3) is 0.600. The second-order valence-electron chi connectivity index (χ2n) is 3.61. The van der Waals surface area contributed by atoms with Crippen LogP contribution in [0.2, 0.25) is 0 Å². The second kappa shape index (κ2) is 3.10. The van der Waals surface area contributed by atoms with Crippen LogP contribution in [0.3, 0.4) is 0 Å². The van der Waals surface area contributed by atoms with Crippen molar-refractivity contribution in [2.45, 2.75) is 33.1 Å². The summed E-state index contributed by atoms with van der Waals surface area (Å²) >= 11 is 0. The fourth-order valence-electron chi connectivity index (χ4n) is 1.42. The van der Waals surface area contributed by atoms with E-state index in [4.69, 9.17) is 10.7 Å². The molecule has 0 aromatic rings. The Kier molecular flexibility index (Phi) is 2.32. The van der Waals surface area contributed by atoms with E-state index < -0.39 is 0 Å². The summed E-state index contributed by atoms with van der Waals surface area (Å²) in [5, 5.41) is 16.4. The predicted molar refractivity (Wildman–Crippen MR) is 49.1 cm³/mol. The van der Waals surface area contributed by atoms with Crippen LogP contribution in [0.1, 0.15) is 33.1 Å². The molecule has 0 saturated carbocycles. The molecule has 0 aromatic heterocycles. The van der Waals surface area contributed by atoms with E-state index in [1.807, 2.05) is 0 Å². The third-order valence-corrected chi connectivity index (χ3v) is 2.84. The number of allylic oxidation sites excluding steroid dienone is 2. The number of rotatable bonds is 1. The maximum absolute atomic E-state index is 8.64. The second-order valence-corrected chi connectivity index (χ2v) is 3.61. The summed E-state index contributed by atoms with van der Waals surface area (Å²) in [5.41, 5.74) is 1.39. The Bertz CT molecular complexity index is 270. The predicted octanol–water partition coefficient (Wildman–Crippen LogP) is 2.67. The van der Waals surface area contributed by atoms with Crippen molar-refractivity contribution in [1.29, 1.82) is 10.7 Å². The SMILES string of the molecule is CCC1(C)CCC(C#N)=CC1=N. The lowest BCUT2D eigenvalue weighted by atomic mass is 9.73. The van der Waals surface area contributed by atoms with Crippen LogP contribution in [0.25, 0.3) is 0 Å². The van der Waals surface area contributed by atoms with Gasteiger partial charge in [0.1, 0.15) is 0 Å². The largest absolute Gasteiger partial charge is 0.305 e. The van der Waals surface area contributed by atoms with Crippen molar-refractivity contribution in [1.82, 2.24) is 0 Å². The van der Waals surface area contributed by atoms with Crippen LogP contribution in [0.4, 0.5) is 0 Å². The molecular weight excluding hydrogens is 148 g/mol. The molecule has 0 amide bonds. The normalized spacial score (nSPS) is 29.4. The molecule has 0 heterocycles. The zero-order valence-electron chi connectivity index (χ0n) is 7.65. The van der Waals surface area contributed by atoms with Gasteiger partial charge in [-0.1, -0.05) is 13.8 Å². The molecule has 1 aliphatic rings. The molecule has 0 radical (unpaired) electrons. The van der Waals surface area contributed by atoms with Crippen LogP contribution in [0.15, 0.2) is 11.6 Å². The van der Waals surface area contributed by atoms with E-state index in [1.165, 1.54) is 0 Å². The van der Waals surface area contributed by atoms with Gasteiger partial charge in [-0.2, -0.15) is 5.26 Å². The van der Waals surface area contributed by atoms with Crippen molar-refractivity contribution < 1.29 is 0 Å². The van der Waals surface area contributed by atoms with Crippen LogP contribution in [0, 0.1) is 22.2 Å². The number of nitriles is 1. The molecule has 12 heavy (non-hydrogen) atoms. The smallest absolute Gasteiger partial charge is 0.0947 e. The van der Waals surface area contributed by atoms with Gasteiger partial charge in [0.25, 0.3) is 0 Å². The lowest BCUT2D eigenvalue weighted by Gasteiger charge is -2.30. The van der Waals surface area contributed by atoms with E-state index in [1.54, 1.807) is 6.08 Å². The van der Waals surface area contributed by atoms with Crippen molar-refractivity contribution in [3.05, 3.63) is 11.6 Å². The molecule has 1 N–H and O–H groups in total. The first-order chi connectivity index (χ1) is 5.62. The molecule has 0 bridgehead atoms. The van der Waals surface area contributed by atoms with Crippen LogP contribution in [-0.4, -0.2) is 5.71 Å². The Morgan fingerprint density at radius 1 is 1.75 bits per heavy atom. The first-order valence-electron chi connectivity index (χ1n) is 4.32. The Labute approximate surface area is 73.4 Å². The Morgan fingerprint density at radius 2 is 2.42 bits per heavy atom. The Morgan fingerprint density at radius 3 is 2.83 bits per heavy atom. The molecule has 1 aliphatic carbocycles. The molecule has 0 fully saturated rings. The quantitative estimate of drug-likeness (QED) is 0.633. The van der Waals surface area contributed by atoms with Gasteiger partial charge in [-0.3, -0.25) is 0 Å². The maximum Gasteiger partial charge on any atom is 0.0947 e. The lowest BCUT2D eigenvalue weighted by molar-refractivity contribution is 0.406. The van der Waals surface area contributed by atoms with E-state index in [2.05, 4.69) is 19.9 Å². The monoisotopic (exact) mass is 162 g/mol. The summed E-state index contributed by atoms with van der Waals surface area (Å²) in [6.45, 7) is 4.19. The van der Waals surface area contributed by atoms with E-state index in [9.17, 15) is 0 Å². The third kappa shape index (κ3) is 1.40. The minimum Gasteiger partial charge on any atom is -0.305 e. The van der Waals surface area contributed by atoms with Gasteiger partial charge in [0.05, 0.1) is 6.07 Å². The van der Waals surface area contributed by atoms with Crippen LogP contribution >= 0.6 is 0 Å². The van der Waals surface area contributed by atoms with Crippen molar-refractivity contribution in [2.24, 2.45) is 5.41 Å². The molecule has 1 atom stereocenters. The standard InChI is InChI=1S/C10H14N2/c1-3-10(2)5-4-8(7-11)6-9(10)12/h6,12H,3-5H2,1-2H3. The third-order valence-electron chi connectivity index (χ3n) is 2.84. The van der Waals surface area contributed by atoms with Gasteiger partial charge < -0.3 is 5.41 Å². The van der Waals surface area contributed by atoms with E-state index in [0.717, 1.165) is 24.8 Å². The van der Waals surface area contributed by atoms with Gasteiger partial charge in [-0.25, -0.2) is 0 Å². The summed E-state index contributed by atoms with van der Waals surface area (Å²) in [4.78, 5) is 0. The zero-order chi connectivity index (χ0) is 9.19. The van der Waals surface area contributed by atoms with Crippen molar-refractivity contribution in [3.63, 3.8) is 0 Å². The maximum atomic E-state index is 8.64. The van der Waals surface area contributed by atoms with Crippen LogP contribution in [0.5, 0.6) is 0 Å². The van der Waals surface area contributed by atoms with E-state index in [0.29, 0.717) is 5.71 Å². The minimum absolute atomic E-state index is 0.0142. The number of nitrogens with zero attached hydrogens (tertiary/aromatic N) is 1. The van der Waals surface area contributed by atoms with Crippen LogP contribution in [-0.2, 0) is 0 Å². The number of hydrogen-bond donors (Lipinski definition) is 1. The highest BCUT2D eigenvalue weighted by molar-refractivity contribution is 5.98. The molecule has 1 rings (SSSR count). The van der Waals surface area contributed by atoms with Crippen LogP contribution < -0.4 is 0 Å². The highest BCUT2D eigenvalue weighted by atomic mass is 14.5. The number of nitrogens with one attached hydrogen (secondary N) is 1. The molecule has 2 heteroatoms. The number of hydrogen-bond acceptors (Lipinski definition) is 2. The summed E-state index contributed by atoms with van der Waals surface area (Å²) < 4.78 is 0. The molecule has 0 aromatic carbocycles. The summed E-state index contributed by atoms with van der Waals surface area (Å²) in [6, 6.07) is 2.12. The average Bonchev–Trinajstić information content (AvgIpc) is 2.10. The molecule has 1 unspecified atom stereocenters. The van der Waals surface area contributed by atoms with Gasteiger partial charge in [-0.05, 0) is 25.3 Å². The summed E-state index contributed by atoms with van der Waals surface area (Å²) in [5.74, 6) is 0. The van der Waals surface area contributed by atoms with Crippen molar-refractivity contribution >= 4 is 5.71 Å². The molecule has 2 nitrogen and oxygen atoms in total. The highest BCUT2D eigenvalue weighted by Crippen LogP contribution is 2.34. The highest BCUT2D eigenvalue weighted by Gasteiger charge is 2.29. The molecule has 64 valence electrons. The molecular formula is C10H14N2. The summed E-state index contributed by atoms with van der Waals surface area (Å²) in [7, 11) is 0. The van der Waals surface area contributed by atoms with Crippen molar-refractivity contribution in [3.8, 4) is 6.07 Å². The average molecular weight is 162 g/mol. The van der Waals surface area contributed by atoms with E-state index in [-0.39, 0.29) is 5.41 Å². The minimum atomic E-state index is 0.0142. The zero-order valence-corrected chi connectivity index (χ0v) is 7.65. The van der Waals surface area contributed by atoms with Gasteiger partial charge in [0.2, 0.25) is 0 Å². The molecule has 0 saturated heterocycles. The molecule has 0 spiro atoms. The molecule has 0 aliphatic heterocycles. The Balaban J connectivity index is 2.89. The van der Waals surface area contributed by atoms with Gasteiger partial charge in [0, 0.05) is 16.7 Å². The van der Waals surface area contributed by atoms with Gasteiger partial charge in [-0.15, -0.1) is 0 Å². The summed E-state index contributed by atoms with van der Waals surface area (Å²) in [6.07, 6.45) is 4.50. The fourth-order valence-corrected chi connectivity index (χ4v) is 1.42. The Hall–Kier alpha value is -1.10. The first-order valence-corrected chi connectivity index (χ1v) is 4.32. The van der Waals surface area contributed by atoms with E-state index >= 15 is 0 Å². The van der Waals surface area contributed by atoms with Gasteiger partial charge >= 0.3 is 0 Å². The topological polar surface area (TPSA) is 47.6 Å². The van der Waals surface area contributed by atoms with Gasteiger partial charge in [0.15, 0.2) is 0 Å². The first kappa shape index (κ1) is 8.99. The van der Waals surface area contributed by atoms with Crippen molar-refractivity contribution in [2.75, 3.05) is 0 Å².